The number of ether oxygens (including phenoxy) is 1. The number of nitrogens with zero attached hydrogens (tertiary/aromatic N) is 1. The molecule has 0 amide bonds. The lowest BCUT2D eigenvalue weighted by Gasteiger charge is -2.09. The molecule has 21 heavy (non-hydrogen) atoms. The average molecular weight is 314 g/mol. The van der Waals surface area contributed by atoms with Crippen LogP contribution >= 0.6 is 11.6 Å². The van der Waals surface area contributed by atoms with Gasteiger partial charge in [-0.05, 0) is 30.7 Å². The third-order valence-corrected chi connectivity index (χ3v) is 3.07. The summed E-state index contributed by atoms with van der Waals surface area (Å²) in [5.41, 5.74) is 0.372. The van der Waals surface area contributed by atoms with Crippen molar-refractivity contribution in [1.29, 1.82) is 0 Å². The lowest BCUT2D eigenvalue weighted by atomic mass is 10.2. The number of halogens is 3. The minimum absolute atomic E-state index is 0.0674. The van der Waals surface area contributed by atoms with Crippen molar-refractivity contribution in [3.8, 4) is 11.5 Å². The predicted molar refractivity (Wildman–Crippen MR) is 73.8 cm³/mol. The topological polar surface area (TPSA) is 52.4 Å². The Morgan fingerprint density at radius 2 is 1.95 bits per heavy atom. The first-order chi connectivity index (χ1) is 9.90. The molecule has 0 aliphatic carbocycles. The number of rotatable bonds is 4. The summed E-state index contributed by atoms with van der Waals surface area (Å²) in [5, 5.41) is 10.7. The second-order valence-corrected chi connectivity index (χ2v) is 4.62. The maximum absolute atomic E-state index is 13.8. The summed E-state index contributed by atoms with van der Waals surface area (Å²) in [7, 11) is 0. The number of nitro benzene ring substituents is 1. The zero-order valence-electron chi connectivity index (χ0n) is 10.9. The molecule has 2 aromatic carbocycles. The van der Waals surface area contributed by atoms with E-state index in [4.69, 9.17) is 16.3 Å². The summed E-state index contributed by atoms with van der Waals surface area (Å²) in [6, 6.07) is 5.74. The van der Waals surface area contributed by atoms with Crippen LogP contribution in [0.5, 0.6) is 11.5 Å². The van der Waals surface area contributed by atoms with Crippen LogP contribution in [-0.4, -0.2) is 4.92 Å². The molecule has 0 bridgehead atoms. The first-order valence-corrected chi connectivity index (χ1v) is 6.42. The Morgan fingerprint density at radius 1 is 1.24 bits per heavy atom. The molecule has 0 saturated heterocycles. The van der Waals surface area contributed by atoms with Gasteiger partial charge in [-0.3, -0.25) is 10.1 Å². The van der Waals surface area contributed by atoms with Gasteiger partial charge < -0.3 is 4.74 Å². The fourth-order valence-electron chi connectivity index (χ4n) is 1.80. The maximum atomic E-state index is 13.8. The van der Waals surface area contributed by atoms with Gasteiger partial charge in [-0.15, -0.1) is 11.6 Å². The molecule has 0 aliphatic heterocycles. The van der Waals surface area contributed by atoms with E-state index >= 15 is 0 Å². The minimum atomic E-state index is -0.899. The van der Waals surface area contributed by atoms with E-state index in [-0.39, 0.29) is 28.6 Å². The molecular weight excluding hydrogens is 304 g/mol. The molecular formula is C14H10ClF2NO3. The molecule has 110 valence electrons. The van der Waals surface area contributed by atoms with E-state index in [9.17, 15) is 18.9 Å². The minimum Gasteiger partial charge on any atom is -0.454 e. The van der Waals surface area contributed by atoms with Crippen molar-refractivity contribution in [1.82, 2.24) is 0 Å². The SMILES string of the molecule is Cc1cc(Oc2cc(F)cc(CCl)c2)c(F)cc1[N+](=O)[O-]. The van der Waals surface area contributed by atoms with Gasteiger partial charge in [-0.1, -0.05) is 0 Å². The average Bonchev–Trinajstić information content (AvgIpc) is 2.41. The highest BCUT2D eigenvalue weighted by Gasteiger charge is 2.17. The van der Waals surface area contributed by atoms with Crippen LogP contribution in [0.4, 0.5) is 14.5 Å². The highest BCUT2D eigenvalue weighted by Crippen LogP contribution is 2.31. The number of alkyl halides is 1. The number of hydrogen-bond donors (Lipinski definition) is 0. The van der Waals surface area contributed by atoms with E-state index in [1.807, 2.05) is 0 Å². The Balaban J connectivity index is 2.38. The molecule has 0 N–H and O–H groups in total. The van der Waals surface area contributed by atoms with Crippen molar-refractivity contribution < 1.29 is 18.4 Å². The van der Waals surface area contributed by atoms with Crippen LogP contribution in [0.3, 0.4) is 0 Å². The van der Waals surface area contributed by atoms with Gasteiger partial charge in [0, 0.05) is 17.5 Å². The maximum Gasteiger partial charge on any atom is 0.275 e. The molecule has 2 aromatic rings. The summed E-state index contributed by atoms with van der Waals surface area (Å²) >= 11 is 5.61. The van der Waals surface area contributed by atoms with Gasteiger partial charge in [0.05, 0.1) is 11.0 Å². The van der Waals surface area contributed by atoms with Crippen molar-refractivity contribution in [2.24, 2.45) is 0 Å². The molecule has 0 spiro atoms. The van der Waals surface area contributed by atoms with Crippen LogP contribution in [0.2, 0.25) is 0 Å². The summed E-state index contributed by atoms with van der Waals surface area (Å²) in [5.74, 6) is -1.54. The highest BCUT2D eigenvalue weighted by molar-refractivity contribution is 6.17. The van der Waals surface area contributed by atoms with Gasteiger partial charge in [0.25, 0.3) is 5.69 Å². The van der Waals surface area contributed by atoms with Crippen molar-refractivity contribution in [3.63, 3.8) is 0 Å². The molecule has 0 atom stereocenters. The molecule has 0 radical (unpaired) electrons. The van der Waals surface area contributed by atoms with Crippen molar-refractivity contribution in [2.75, 3.05) is 0 Å². The smallest absolute Gasteiger partial charge is 0.275 e. The van der Waals surface area contributed by atoms with Crippen LogP contribution in [0.25, 0.3) is 0 Å². The molecule has 0 unspecified atom stereocenters. The van der Waals surface area contributed by atoms with E-state index < -0.39 is 16.6 Å². The van der Waals surface area contributed by atoms with Crippen LogP contribution < -0.4 is 4.74 Å². The van der Waals surface area contributed by atoms with Crippen LogP contribution in [0.15, 0.2) is 30.3 Å². The molecule has 0 aliphatic rings. The van der Waals surface area contributed by atoms with Gasteiger partial charge in [-0.25, -0.2) is 8.78 Å². The molecule has 2 rings (SSSR count). The lowest BCUT2D eigenvalue weighted by molar-refractivity contribution is -0.385. The Bertz CT molecular complexity index is 707. The van der Waals surface area contributed by atoms with Gasteiger partial charge in [-0.2, -0.15) is 0 Å². The van der Waals surface area contributed by atoms with Crippen molar-refractivity contribution in [3.05, 3.63) is 63.2 Å². The zero-order chi connectivity index (χ0) is 15.6. The second kappa shape index (κ2) is 6.05. The van der Waals surface area contributed by atoms with Gasteiger partial charge >= 0.3 is 0 Å². The molecule has 0 aromatic heterocycles. The Morgan fingerprint density at radius 3 is 2.57 bits per heavy atom. The van der Waals surface area contributed by atoms with Crippen molar-refractivity contribution in [2.45, 2.75) is 12.8 Å². The Labute approximate surface area is 124 Å². The number of nitro groups is 1. The fraction of sp³-hybridized carbons (Fsp3) is 0.143. The lowest BCUT2D eigenvalue weighted by Crippen LogP contribution is -1.96. The summed E-state index contributed by atoms with van der Waals surface area (Å²) in [4.78, 5) is 10.0. The predicted octanol–water partition coefficient (Wildman–Crippen LogP) is 4.71. The monoisotopic (exact) mass is 313 g/mol. The van der Waals surface area contributed by atoms with Crippen molar-refractivity contribution >= 4 is 17.3 Å². The molecule has 0 heterocycles. The van der Waals surface area contributed by atoms with Gasteiger partial charge in [0.15, 0.2) is 11.6 Å². The summed E-state index contributed by atoms with van der Waals surface area (Å²) < 4.78 is 32.4. The standard InChI is InChI=1S/C14H10ClF2NO3/c1-8-2-14(12(17)6-13(8)18(19)20)21-11-4-9(7-15)3-10(16)5-11/h2-6H,7H2,1H3. The number of aryl methyl sites for hydroxylation is 1. The normalized spacial score (nSPS) is 10.5. The fourth-order valence-corrected chi connectivity index (χ4v) is 1.96. The molecule has 0 fully saturated rings. The van der Waals surface area contributed by atoms with Gasteiger partial charge in [0.1, 0.15) is 11.6 Å². The molecule has 4 nitrogen and oxygen atoms in total. The van der Waals surface area contributed by atoms with Crippen LogP contribution in [0, 0.1) is 28.7 Å². The number of hydrogen-bond acceptors (Lipinski definition) is 3. The van der Waals surface area contributed by atoms with E-state index in [1.54, 1.807) is 0 Å². The van der Waals surface area contributed by atoms with E-state index in [1.165, 1.54) is 25.1 Å². The molecule has 7 heteroatoms. The first kappa shape index (κ1) is 15.2. The largest absolute Gasteiger partial charge is 0.454 e. The first-order valence-electron chi connectivity index (χ1n) is 5.88. The van der Waals surface area contributed by atoms with E-state index in [0.717, 1.165) is 12.1 Å². The third kappa shape index (κ3) is 3.46. The van der Waals surface area contributed by atoms with E-state index in [2.05, 4.69) is 0 Å². The quantitative estimate of drug-likeness (QED) is 0.466. The van der Waals surface area contributed by atoms with Crippen LogP contribution in [0.1, 0.15) is 11.1 Å². The summed E-state index contributed by atoms with van der Waals surface area (Å²) in [6.45, 7) is 1.46. The Hall–Kier alpha value is -2.21. The Kier molecular flexibility index (Phi) is 4.37. The van der Waals surface area contributed by atoms with Gasteiger partial charge in [0.2, 0.25) is 0 Å². The van der Waals surface area contributed by atoms with Crippen LogP contribution in [-0.2, 0) is 5.88 Å². The third-order valence-electron chi connectivity index (χ3n) is 2.76. The number of benzene rings is 2. The van der Waals surface area contributed by atoms with E-state index in [0.29, 0.717) is 5.56 Å². The molecule has 0 saturated carbocycles. The zero-order valence-corrected chi connectivity index (χ0v) is 11.7. The highest BCUT2D eigenvalue weighted by atomic mass is 35.5. The summed E-state index contributed by atoms with van der Waals surface area (Å²) in [6.07, 6.45) is 0. The second-order valence-electron chi connectivity index (χ2n) is 4.36.